The Kier molecular flexibility index (Phi) is 6.38. The lowest BCUT2D eigenvalue weighted by atomic mass is 10.1. The van der Waals surface area contributed by atoms with Gasteiger partial charge in [-0.3, -0.25) is 0 Å². The first kappa shape index (κ1) is 16.6. The van der Waals surface area contributed by atoms with Crippen molar-refractivity contribution in [3.63, 3.8) is 0 Å². The summed E-state index contributed by atoms with van der Waals surface area (Å²) in [6.07, 6.45) is 5.53. The van der Waals surface area contributed by atoms with Crippen molar-refractivity contribution in [1.82, 2.24) is 0 Å². The Balaban J connectivity index is 4.38. The maximum Gasteiger partial charge on any atom is 0.192 e. The molecule has 0 amide bonds. The summed E-state index contributed by atoms with van der Waals surface area (Å²) in [5.41, 5.74) is 0. The molecule has 0 aromatic heterocycles. The molecular formula is C14H28O2Si. The standard InChI is InChI=1S/C14H28O2Si/c1-8-9-10-11-13(15)12(2)16-17(6,7)14(3,4)5/h8-10,12-13,15H,1,11H2,2-7H3/b10-9+/t12-,13-/m1/s1. The van der Waals surface area contributed by atoms with E-state index < -0.39 is 14.4 Å². The highest BCUT2D eigenvalue weighted by molar-refractivity contribution is 6.74. The molecule has 2 atom stereocenters. The fourth-order valence-electron chi connectivity index (χ4n) is 1.23. The molecule has 0 aromatic rings. The molecule has 0 aliphatic carbocycles. The van der Waals surface area contributed by atoms with Gasteiger partial charge in [0.2, 0.25) is 0 Å². The lowest BCUT2D eigenvalue weighted by molar-refractivity contribution is 0.0409. The molecule has 100 valence electrons. The van der Waals surface area contributed by atoms with Crippen molar-refractivity contribution >= 4 is 8.32 Å². The number of hydrogen-bond donors (Lipinski definition) is 1. The van der Waals surface area contributed by atoms with E-state index in [4.69, 9.17) is 4.43 Å². The van der Waals surface area contributed by atoms with E-state index in [0.717, 1.165) is 0 Å². The molecule has 0 heterocycles. The van der Waals surface area contributed by atoms with Gasteiger partial charge in [0.05, 0.1) is 12.2 Å². The van der Waals surface area contributed by atoms with Crippen LogP contribution in [0.1, 0.15) is 34.1 Å². The highest BCUT2D eigenvalue weighted by Crippen LogP contribution is 2.37. The van der Waals surface area contributed by atoms with Crippen LogP contribution >= 0.6 is 0 Å². The molecule has 0 unspecified atom stereocenters. The topological polar surface area (TPSA) is 29.5 Å². The van der Waals surface area contributed by atoms with Crippen molar-refractivity contribution in [2.45, 2.75) is 64.5 Å². The summed E-state index contributed by atoms with van der Waals surface area (Å²) in [7, 11) is -1.78. The van der Waals surface area contributed by atoms with Crippen LogP contribution in [0.5, 0.6) is 0 Å². The van der Waals surface area contributed by atoms with Gasteiger partial charge in [-0.2, -0.15) is 0 Å². The smallest absolute Gasteiger partial charge is 0.192 e. The Hall–Kier alpha value is -0.383. The van der Waals surface area contributed by atoms with Gasteiger partial charge in [0.1, 0.15) is 0 Å². The molecule has 17 heavy (non-hydrogen) atoms. The van der Waals surface area contributed by atoms with Crippen LogP contribution in [0.25, 0.3) is 0 Å². The van der Waals surface area contributed by atoms with Gasteiger partial charge in [0, 0.05) is 0 Å². The first-order chi connectivity index (χ1) is 7.62. The average Bonchev–Trinajstić information content (AvgIpc) is 2.15. The zero-order chi connectivity index (χ0) is 13.7. The van der Waals surface area contributed by atoms with E-state index in [2.05, 4.69) is 40.4 Å². The third kappa shape index (κ3) is 5.66. The maximum absolute atomic E-state index is 9.99. The van der Waals surface area contributed by atoms with Gasteiger partial charge in [-0.1, -0.05) is 45.6 Å². The van der Waals surface area contributed by atoms with Crippen molar-refractivity contribution < 1.29 is 9.53 Å². The second kappa shape index (κ2) is 6.52. The Bertz CT molecular complexity index is 264. The van der Waals surface area contributed by atoms with Crippen molar-refractivity contribution in [3.8, 4) is 0 Å². The highest BCUT2D eigenvalue weighted by Gasteiger charge is 2.39. The first-order valence-electron chi connectivity index (χ1n) is 6.25. The Labute approximate surface area is 108 Å². The molecule has 0 bridgehead atoms. The van der Waals surface area contributed by atoms with E-state index in [1.807, 2.05) is 19.1 Å². The monoisotopic (exact) mass is 256 g/mol. The number of aliphatic hydroxyl groups is 1. The van der Waals surface area contributed by atoms with Gasteiger partial charge in [0.25, 0.3) is 0 Å². The molecule has 0 aliphatic heterocycles. The zero-order valence-corrected chi connectivity index (χ0v) is 13.2. The summed E-state index contributed by atoms with van der Waals surface area (Å²) in [5, 5.41) is 10.2. The van der Waals surface area contributed by atoms with Gasteiger partial charge in [0.15, 0.2) is 8.32 Å². The first-order valence-corrected chi connectivity index (χ1v) is 9.16. The summed E-state index contributed by atoms with van der Waals surface area (Å²) in [6.45, 7) is 16.6. The number of rotatable bonds is 6. The molecule has 1 N–H and O–H groups in total. The van der Waals surface area contributed by atoms with E-state index in [1.165, 1.54) is 0 Å². The Morgan fingerprint density at radius 2 is 1.88 bits per heavy atom. The fraction of sp³-hybridized carbons (Fsp3) is 0.714. The molecule has 0 radical (unpaired) electrons. The zero-order valence-electron chi connectivity index (χ0n) is 12.2. The maximum atomic E-state index is 9.99. The van der Waals surface area contributed by atoms with E-state index >= 15 is 0 Å². The second-order valence-corrected chi connectivity index (χ2v) is 10.8. The van der Waals surface area contributed by atoms with Gasteiger partial charge in [-0.25, -0.2) is 0 Å². The largest absolute Gasteiger partial charge is 0.412 e. The minimum atomic E-state index is -1.78. The van der Waals surface area contributed by atoms with Crippen molar-refractivity contribution in [2.75, 3.05) is 0 Å². The molecule has 0 aromatic carbocycles. The molecule has 0 rings (SSSR count). The third-order valence-electron chi connectivity index (χ3n) is 3.48. The lowest BCUT2D eigenvalue weighted by Crippen LogP contribution is -2.46. The number of allylic oxidation sites excluding steroid dienone is 2. The molecule has 0 spiro atoms. The van der Waals surface area contributed by atoms with E-state index in [0.29, 0.717) is 6.42 Å². The summed E-state index contributed by atoms with van der Waals surface area (Å²) < 4.78 is 6.12. The van der Waals surface area contributed by atoms with Crippen LogP contribution in [0, 0.1) is 0 Å². The summed E-state index contributed by atoms with van der Waals surface area (Å²) in [6, 6.07) is 0. The molecule has 0 saturated heterocycles. The van der Waals surface area contributed by atoms with Crippen LogP contribution in [0.3, 0.4) is 0 Å². The van der Waals surface area contributed by atoms with E-state index in [-0.39, 0.29) is 11.1 Å². The fourth-order valence-corrected chi connectivity index (χ4v) is 2.67. The van der Waals surface area contributed by atoms with Gasteiger partial charge >= 0.3 is 0 Å². The minimum Gasteiger partial charge on any atom is -0.412 e. The van der Waals surface area contributed by atoms with Crippen LogP contribution in [0.2, 0.25) is 18.1 Å². The van der Waals surface area contributed by atoms with Gasteiger partial charge < -0.3 is 9.53 Å². The molecule has 2 nitrogen and oxygen atoms in total. The summed E-state index contributed by atoms with van der Waals surface area (Å²) >= 11 is 0. The van der Waals surface area contributed by atoms with Crippen LogP contribution in [-0.2, 0) is 4.43 Å². The summed E-state index contributed by atoms with van der Waals surface area (Å²) in [5.74, 6) is 0. The predicted molar refractivity (Wildman–Crippen MR) is 77.7 cm³/mol. The SMILES string of the molecule is C=C/C=C/C[C@@H](O)[C@@H](C)O[Si](C)(C)C(C)(C)C. The molecular weight excluding hydrogens is 228 g/mol. The summed E-state index contributed by atoms with van der Waals surface area (Å²) in [4.78, 5) is 0. The van der Waals surface area contributed by atoms with Gasteiger partial charge in [-0.05, 0) is 31.5 Å². The van der Waals surface area contributed by atoms with Crippen molar-refractivity contribution in [2.24, 2.45) is 0 Å². The number of hydrogen-bond acceptors (Lipinski definition) is 2. The Morgan fingerprint density at radius 3 is 2.29 bits per heavy atom. The van der Waals surface area contributed by atoms with Crippen LogP contribution < -0.4 is 0 Å². The molecule has 0 fully saturated rings. The second-order valence-electron chi connectivity index (χ2n) is 6.05. The van der Waals surface area contributed by atoms with E-state index in [9.17, 15) is 5.11 Å². The van der Waals surface area contributed by atoms with Crippen LogP contribution in [-0.4, -0.2) is 25.6 Å². The van der Waals surface area contributed by atoms with Gasteiger partial charge in [-0.15, -0.1) is 0 Å². The quantitative estimate of drug-likeness (QED) is 0.577. The minimum absolute atomic E-state index is 0.120. The van der Waals surface area contributed by atoms with Crippen molar-refractivity contribution in [1.29, 1.82) is 0 Å². The molecule has 3 heteroatoms. The van der Waals surface area contributed by atoms with Crippen molar-refractivity contribution in [3.05, 3.63) is 24.8 Å². The predicted octanol–water partition coefficient (Wildman–Crippen LogP) is 3.89. The Morgan fingerprint density at radius 1 is 1.35 bits per heavy atom. The third-order valence-corrected chi connectivity index (χ3v) is 8.05. The normalized spacial score (nSPS) is 17.1. The van der Waals surface area contributed by atoms with E-state index in [1.54, 1.807) is 6.08 Å². The highest BCUT2D eigenvalue weighted by atomic mass is 28.4. The van der Waals surface area contributed by atoms with Crippen LogP contribution in [0.4, 0.5) is 0 Å². The molecule has 0 saturated carbocycles. The number of aliphatic hydroxyl groups excluding tert-OH is 1. The lowest BCUT2D eigenvalue weighted by Gasteiger charge is -2.39. The average molecular weight is 256 g/mol. The molecule has 0 aliphatic rings. The van der Waals surface area contributed by atoms with Crippen LogP contribution in [0.15, 0.2) is 24.8 Å².